The summed E-state index contributed by atoms with van der Waals surface area (Å²) in [5.74, 6) is 0. The van der Waals surface area contributed by atoms with Gasteiger partial charge in [0.1, 0.15) is 0 Å². The minimum absolute atomic E-state index is 1.12. The van der Waals surface area contributed by atoms with Gasteiger partial charge in [-0.2, -0.15) is 0 Å². The van der Waals surface area contributed by atoms with Gasteiger partial charge in [-0.15, -0.1) is 0 Å². The van der Waals surface area contributed by atoms with Crippen molar-refractivity contribution in [2.24, 2.45) is 0 Å². The molecule has 0 aliphatic carbocycles. The first-order valence-electron chi connectivity index (χ1n) is 22.4. The van der Waals surface area contributed by atoms with Crippen LogP contribution in [0.2, 0.25) is 0 Å². The van der Waals surface area contributed by atoms with E-state index in [1.807, 2.05) is 0 Å². The Hall–Kier alpha value is -8.38. The molecule has 0 N–H and O–H groups in total. The molecule has 0 amide bonds. The van der Waals surface area contributed by atoms with Crippen LogP contribution in [-0.2, 0) is 0 Å². The Morgan fingerprint density at radius 2 is 0.462 bits per heavy atom. The highest BCUT2D eigenvalue weighted by molar-refractivity contribution is 7.02. The molecule has 0 bridgehead atoms. The Kier molecular flexibility index (Phi) is 7.68. The molecule has 0 atom stereocenters. The van der Waals surface area contributed by atoms with Gasteiger partial charge in [0, 0.05) is 76.5 Å². The summed E-state index contributed by atoms with van der Waals surface area (Å²) in [5, 5.41) is 12.5. The molecular weight excluding hydrogens is 805 g/mol. The largest absolute Gasteiger partial charge is 0.342 e. The zero-order valence-corrected chi connectivity index (χ0v) is 36.4. The molecule has 5 heteroatoms. The molecule has 14 rings (SSSR count). The highest BCUT2D eigenvalue weighted by Crippen LogP contribution is 2.40. The molecule has 10 aromatic carbocycles. The van der Waals surface area contributed by atoms with Crippen LogP contribution in [0, 0.1) is 0 Å². The Bertz CT molecular complexity index is 3740. The Morgan fingerprint density at radius 1 is 0.215 bits per heavy atom. The number of hydrogen-bond acceptors (Lipinski definition) is 0. The SMILES string of the molecule is c1ccc([Si](c2cc(-n3c4ccccc4c4ccccc43)cc(-n3c4ccccc4c4ccccc43)c2)(n2c3ccccc3c3ccccc32)n2c3ccccc3c3ccccc32)cc1. The van der Waals surface area contributed by atoms with Crippen LogP contribution >= 0.6 is 0 Å². The molecule has 0 aliphatic rings. The summed E-state index contributed by atoms with van der Waals surface area (Å²) in [6, 6.07) is 90.7. The topological polar surface area (TPSA) is 19.7 Å². The summed E-state index contributed by atoms with van der Waals surface area (Å²) in [5.41, 5.74) is 11.8. The van der Waals surface area contributed by atoms with Crippen molar-refractivity contribution in [1.82, 2.24) is 17.6 Å². The fourth-order valence-corrected chi connectivity index (χ4v) is 16.5. The number of aromatic nitrogens is 4. The predicted molar refractivity (Wildman–Crippen MR) is 276 cm³/mol. The van der Waals surface area contributed by atoms with Gasteiger partial charge < -0.3 is 17.6 Å². The van der Waals surface area contributed by atoms with Crippen LogP contribution in [0.1, 0.15) is 0 Å². The van der Waals surface area contributed by atoms with Gasteiger partial charge in [-0.3, -0.25) is 0 Å². The highest BCUT2D eigenvalue weighted by Gasteiger charge is 2.47. The Morgan fingerprint density at radius 3 is 0.769 bits per heavy atom. The van der Waals surface area contributed by atoms with Crippen molar-refractivity contribution in [2.45, 2.75) is 0 Å². The molecule has 0 saturated carbocycles. The monoisotopic (exact) mass is 844 g/mol. The van der Waals surface area contributed by atoms with Crippen molar-refractivity contribution in [3.05, 3.63) is 243 Å². The van der Waals surface area contributed by atoms with Crippen LogP contribution in [0.25, 0.3) is 98.6 Å². The average molecular weight is 845 g/mol. The third kappa shape index (κ3) is 4.96. The molecule has 14 aromatic rings. The van der Waals surface area contributed by atoms with E-state index in [1.165, 1.54) is 97.6 Å². The van der Waals surface area contributed by atoms with Gasteiger partial charge >= 0.3 is 8.40 Å². The molecular formula is C60H40N4Si. The lowest BCUT2D eigenvalue weighted by Crippen LogP contribution is -2.69. The van der Waals surface area contributed by atoms with E-state index in [0.29, 0.717) is 0 Å². The average Bonchev–Trinajstić information content (AvgIpc) is 4.11. The fraction of sp³-hybridized carbons (Fsp3) is 0. The highest BCUT2D eigenvalue weighted by atomic mass is 28.3. The van der Waals surface area contributed by atoms with E-state index in [0.717, 1.165) is 11.4 Å². The van der Waals surface area contributed by atoms with E-state index in [4.69, 9.17) is 0 Å². The van der Waals surface area contributed by atoms with Crippen LogP contribution in [0.3, 0.4) is 0 Å². The standard InChI is InChI=1S/C60H40N4Si/c1-2-20-43(21-3-1)65(63-57-34-16-8-26-49(57)50-27-9-17-35-58(50)63,64-59-36-18-10-28-51(59)52-29-11-19-37-60(52)64)44-39-41(61-53-30-12-4-22-45(53)46-23-5-13-31-54(46)61)38-42(40-44)62-55-32-14-6-24-47(55)48-25-7-15-33-56(48)62/h1-40H. The summed E-state index contributed by atoms with van der Waals surface area (Å²) in [6.07, 6.45) is 0. The predicted octanol–water partition coefficient (Wildman–Crippen LogP) is 13.7. The van der Waals surface area contributed by atoms with Crippen LogP contribution in [-0.4, -0.2) is 26.0 Å². The molecule has 4 aromatic heterocycles. The number of fused-ring (bicyclic) bond motifs is 12. The first kappa shape index (κ1) is 36.1. The van der Waals surface area contributed by atoms with Crippen molar-refractivity contribution in [3.63, 3.8) is 0 Å². The number of para-hydroxylation sites is 8. The molecule has 304 valence electrons. The van der Waals surface area contributed by atoms with E-state index in [2.05, 4.69) is 260 Å². The number of nitrogens with zero attached hydrogens (tertiary/aromatic N) is 4. The van der Waals surface area contributed by atoms with Crippen molar-refractivity contribution >= 4 is 106 Å². The van der Waals surface area contributed by atoms with Gasteiger partial charge in [0.05, 0.1) is 22.1 Å². The van der Waals surface area contributed by atoms with E-state index in [9.17, 15) is 0 Å². The molecule has 4 heterocycles. The van der Waals surface area contributed by atoms with Gasteiger partial charge in [0.2, 0.25) is 0 Å². The zero-order valence-electron chi connectivity index (χ0n) is 35.4. The molecule has 0 saturated heterocycles. The van der Waals surface area contributed by atoms with Crippen molar-refractivity contribution in [3.8, 4) is 11.4 Å². The van der Waals surface area contributed by atoms with Gasteiger partial charge in [0.15, 0.2) is 0 Å². The number of hydrogen-bond donors (Lipinski definition) is 0. The minimum atomic E-state index is -3.60. The van der Waals surface area contributed by atoms with Crippen LogP contribution < -0.4 is 10.4 Å². The van der Waals surface area contributed by atoms with Crippen molar-refractivity contribution in [1.29, 1.82) is 0 Å². The molecule has 0 fully saturated rings. The third-order valence-electron chi connectivity index (χ3n) is 14.0. The summed E-state index contributed by atoms with van der Waals surface area (Å²) in [4.78, 5) is 0. The first-order valence-corrected chi connectivity index (χ1v) is 24.3. The van der Waals surface area contributed by atoms with Gasteiger partial charge in [-0.25, -0.2) is 0 Å². The molecule has 65 heavy (non-hydrogen) atoms. The van der Waals surface area contributed by atoms with Crippen molar-refractivity contribution in [2.75, 3.05) is 0 Å². The molecule has 4 nitrogen and oxygen atoms in total. The smallest absolute Gasteiger partial charge is 0.340 e. The van der Waals surface area contributed by atoms with E-state index in [1.54, 1.807) is 0 Å². The maximum atomic E-state index is 2.78. The van der Waals surface area contributed by atoms with E-state index >= 15 is 0 Å². The molecule has 0 radical (unpaired) electrons. The maximum absolute atomic E-state index is 3.60. The quantitative estimate of drug-likeness (QED) is 0.149. The van der Waals surface area contributed by atoms with Gasteiger partial charge in [-0.1, -0.05) is 176 Å². The number of rotatable bonds is 6. The van der Waals surface area contributed by atoms with Gasteiger partial charge in [0.25, 0.3) is 0 Å². The lowest BCUT2D eigenvalue weighted by molar-refractivity contribution is 1.12. The summed E-state index contributed by atoms with van der Waals surface area (Å²) >= 11 is 0. The summed E-state index contributed by atoms with van der Waals surface area (Å²) in [7, 11) is -3.60. The second kappa shape index (κ2) is 13.8. The second-order valence-electron chi connectivity index (χ2n) is 17.3. The molecule has 0 spiro atoms. The Labute approximate surface area is 375 Å². The van der Waals surface area contributed by atoms with Crippen molar-refractivity contribution < 1.29 is 0 Å². The van der Waals surface area contributed by atoms with E-state index < -0.39 is 8.40 Å². The normalized spacial score (nSPS) is 12.3. The fourth-order valence-electron chi connectivity index (χ4n) is 11.5. The van der Waals surface area contributed by atoms with Crippen LogP contribution in [0.5, 0.6) is 0 Å². The lowest BCUT2D eigenvalue weighted by Gasteiger charge is -2.38. The van der Waals surface area contributed by atoms with Crippen LogP contribution in [0.4, 0.5) is 0 Å². The molecule has 0 aliphatic heterocycles. The molecule has 0 unspecified atom stereocenters. The summed E-state index contributed by atoms with van der Waals surface area (Å²) < 4.78 is 10.6. The minimum Gasteiger partial charge on any atom is -0.342 e. The van der Waals surface area contributed by atoms with Crippen LogP contribution in [0.15, 0.2) is 243 Å². The zero-order chi connectivity index (χ0) is 42.6. The van der Waals surface area contributed by atoms with E-state index in [-0.39, 0.29) is 0 Å². The maximum Gasteiger partial charge on any atom is 0.340 e. The third-order valence-corrected chi connectivity index (χ3v) is 18.5. The summed E-state index contributed by atoms with van der Waals surface area (Å²) in [6.45, 7) is 0. The first-order chi connectivity index (χ1) is 32.3. The lowest BCUT2D eigenvalue weighted by atomic mass is 10.2. The number of benzene rings is 10. The Balaban J connectivity index is 1.27. The second-order valence-corrected chi connectivity index (χ2v) is 20.6. The van der Waals surface area contributed by atoms with Gasteiger partial charge in [-0.05, 0) is 77.1 Å².